The molecule has 0 amide bonds. The zero-order valence-electron chi connectivity index (χ0n) is 13.2. The zero-order valence-corrected chi connectivity index (χ0v) is 13.2. The average molecular weight is 323 g/mol. The first kappa shape index (κ1) is 17.9. The Kier molecular flexibility index (Phi) is 5.78. The molecular formula is C16H23BFNO4. The second-order valence-electron chi connectivity index (χ2n) is 6.28. The first-order valence-electron chi connectivity index (χ1n) is 8.01. The van der Waals surface area contributed by atoms with Gasteiger partial charge in [-0.25, -0.2) is 4.39 Å². The van der Waals surface area contributed by atoms with Crippen molar-refractivity contribution in [1.29, 1.82) is 0 Å². The SMILES string of the molecule is CC[C@H](N)c1cc2c(cc1F)C[C@H](CCCB(O)O)[C@@H]2C(=O)O. The molecule has 1 aromatic carbocycles. The summed E-state index contributed by atoms with van der Waals surface area (Å²) in [6, 6.07) is 2.58. The molecule has 7 heteroatoms. The van der Waals surface area contributed by atoms with Crippen molar-refractivity contribution in [2.24, 2.45) is 11.7 Å². The van der Waals surface area contributed by atoms with Crippen LogP contribution in [0.2, 0.25) is 6.32 Å². The maximum absolute atomic E-state index is 14.2. The van der Waals surface area contributed by atoms with Crippen LogP contribution in [0.5, 0.6) is 0 Å². The number of carbonyl (C=O) groups is 1. The highest BCUT2D eigenvalue weighted by Crippen LogP contribution is 2.42. The van der Waals surface area contributed by atoms with E-state index in [4.69, 9.17) is 15.8 Å². The van der Waals surface area contributed by atoms with Crippen LogP contribution in [0.25, 0.3) is 0 Å². The predicted molar refractivity (Wildman–Crippen MR) is 85.4 cm³/mol. The van der Waals surface area contributed by atoms with Crippen molar-refractivity contribution in [2.45, 2.75) is 50.9 Å². The van der Waals surface area contributed by atoms with Gasteiger partial charge in [0.2, 0.25) is 0 Å². The fourth-order valence-corrected chi connectivity index (χ4v) is 3.44. The zero-order chi connectivity index (χ0) is 17.1. The van der Waals surface area contributed by atoms with E-state index < -0.39 is 25.0 Å². The molecular weight excluding hydrogens is 300 g/mol. The predicted octanol–water partition coefficient (Wildman–Crippen LogP) is 1.83. The topological polar surface area (TPSA) is 104 Å². The minimum absolute atomic E-state index is 0.159. The molecule has 23 heavy (non-hydrogen) atoms. The Balaban J connectivity index is 2.27. The van der Waals surface area contributed by atoms with E-state index in [-0.39, 0.29) is 18.1 Å². The summed E-state index contributed by atoms with van der Waals surface area (Å²) in [5.41, 5.74) is 7.65. The molecule has 1 aromatic rings. The van der Waals surface area contributed by atoms with Gasteiger partial charge in [-0.2, -0.15) is 0 Å². The standard InChI is InChI=1S/C16H23BFNO4/c1-2-14(19)12-8-11-10(7-13(12)18)6-9(15(11)16(20)21)4-3-5-17(22)23/h7-9,14-15,22-23H,2-6,19H2,1H3,(H,20,21)/t9-,14-,15-/m0/s1. The maximum Gasteiger partial charge on any atom is 0.451 e. The van der Waals surface area contributed by atoms with Gasteiger partial charge in [-0.3, -0.25) is 4.79 Å². The highest BCUT2D eigenvalue weighted by Gasteiger charge is 2.38. The van der Waals surface area contributed by atoms with Crippen LogP contribution in [0.3, 0.4) is 0 Å². The number of benzene rings is 1. The molecule has 0 spiro atoms. The van der Waals surface area contributed by atoms with Gasteiger partial charge < -0.3 is 20.9 Å². The molecule has 5 N–H and O–H groups in total. The Morgan fingerprint density at radius 2 is 2.17 bits per heavy atom. The number of nitrogens with two attached hydrogens (primary N) is 1. The second kappa shape index (κ2) is 7.42. The van der Waals surface area contributed by atoms with Crippen LogP contribution < -0.4 is 5.73 Å². The smallest absolute Gasteiger partial charge is 0.451 e. The fraction of sp³-hybridized carbons (Fsp3) is 0.562. The van der Waals surface area contributed by atoms with Crippen molar-refractivity contribution >= 4 is 13.1 Å². The van der Waals surface area contributed by atoms with Crippen LogP contribution in [0.1, 0.15) is 54.8 Å². The number of aliphatic carboxylic acids is 1. The van der Waals surface area contributed by atoms with Gasteiger partial charge in [-0.1, -0.05) is 19.4 Å². The van der Waals surface area contributed by atoms with E-state index >= 15 is 0 Å². The molecule has 1 aliphatic carbocycles. The first-order valence-corrected chi connectivity index (χ1v) is 8.01. The van der Waals surface area contributed by atoms with Gasteiger partial charge in [0.1, 0.15) is 5.82 Å². The average Bonchev–Trinajstić information content (AvgIpc) is 2.82. The van der Waals surface area contributed by atoms with Crippen molar-refractivity contribution in [3.63, 3.8) is 0 Å². The molecule has 0 heterocycles. The minimum Gasteiger partial charge on any atom is -0.481 e. The summed E-state index contributed by atoms with van der Waals surface area (Å²) in [6.45, 7) is 1.86. The normalized spacial score (nSPS) is 21.1. The van der Waals surface area contributed by atoms with Crippen LogP contribution in [0.15, 0.2) is 12.1 Å². The van der Waals surface area contributed by atoms with Gasteiger partial charge in [-0.15, -0.1) is 0 Å². The van der Waals surface area contributed by atoms with Crippen molar-refractivity contribution in [3.8, 4) is 0 Å². The third-order valence-electron chi connectivity index (χ3n) is 4.69. The van der Waals surface area contributed by atoms with Gasteiger partial charge in [0.15, 0.2) is 0 Å². The summed E-state index contributed by atoms with van der Waals surface area (Å²) in [5, 5.41) is 27.4. The number of carboxylic acids is 1. The number of fused-ring (bicyclic) bond motifs is 1. The summed E-state index contributed by atoms with van der Waals surface area (Å²) in [5.74, 6) is -2.16. The third-order valence-corrected chi connectivity index (χ3v) is 4.69. The molecule has 0 saturated heterocycles. The van der Waals surface area contributed by atoms with E-state index in [1.54, 1.807) is 6.07 Å². The number of hydrogen-bond acceptors (Lipinski definition) is 4. The molecule has 0 aliphatic heterocycles. The van der Waals surface area contributed by atoms with E-state index in [2.05, 4.69) is 0 Å². The molecule has 0 radical (unpaired) electrons. The summed E-state index contributed by atoms with van der Waals surface area (Å²) in [6.07, 6.45) is 2.35. The Labute approximate surface area is 135 Å². The number of halogens is 1. The van der Waals surface area contributed by atoms with E-state index in [1.165, 1.54) is 6.07 Å². The van der Waals surface area contributed by atoms with E-state index in [0.29, 0.717) is 36.8 Å². The molecule has 1 aliphatic rings. The van der Waals surface area contributed by atoms with Crippen molar-refractivity contribution in [3.05, 3.63) is 34.6 Å². The quantitative estimate of drug-likeness (QED) is 0.573. The Morgan fingerprint density at radius 1 is 1.48 bits per heavy atom. The van der Waals surface area contributed by atoms with E-state index in [0.717, 1.165) is 5.56 Å². The van der Waals surface area contributed by atoms with Crippen LogP contribution in [0.4, 0.5) is 4.39 Å². The van der Waals surface area contributed by atoms with Gasteiger partial charge >= 0.3 is 13.1 Å². The number of hydrogen-bond donors (Lipinski definition) is 4. The van der Waals surface area contributed by atoms with Gasteiger partial charge in [-0.05, 0) is 48.7 Å². The number of carboxylic acid groups (broad SMARTS) is 1. The lowest BCUT2D eigenvalue weighted by Crippen LogP contribution is -2.19. The van der Waals surface area contributed by atoms with Gasteiger partial charge in [0.05, 0.1) is 5.92 Å². The molecule has 0 fully saturated rings. The Morgan fingerprint density at radius 3 is 2.74 bits per heavy atom. The highest BCUT2D eigenvalue weighted by molar-refractivity contribution is 6.40. The van der Waals surface area contributed by atoms with Gasteiger partial charge in [0, 0.05) is 11.6 Å². The monoisotopic (exact) mass is 323 g/mol. The van der Waals surface area contributed by atoms with Crippen LogP contribution >= 0.6 is 0 Å². The summed E-state index contributed by atoms with van der Waals surface area (Å²) in [7, 11) is -1.38. The molecule has 0 aromatic heterocycles. The van der Waals surface area contributed by atoms with E-state index in [1.807, 2.05) is 6.92 Å². The summed E-state index contributed by atoms with van der Waals surface area (Å²) in [4.78, 5) is 11.7. The molecule has 0 unspecified atom stereocenters. The van der Waals surface area contributed by atoms with Crippen molar-refractivity contribution < 1.29 is 24.3 Å². The highest BCUT2D eigenvalue weighted by atomic mass is 19.1. The second-order valence-corrected chi connectivity index (χ2v) is 6.28. The first-order chi connectivity index (χ1) is 10.8. The molecule has 0 saturated carbocycles. The minimum atomic E-state index is -1.38. The number of rotatable bonds is 7. The summed E-state index contributed by atoms with van der Waals surface area (Å²) < 4.78 is 14.2. The van der Waals surface area contributed by atoms with Crippen LogP contribution in [-0.4, -0.2) is 28.2 Å². The van der Waals surface area contributed by atoms with Gasteiger partial charge in [0.25, 0.3) is 0 Å². The largest absolute Gasteiger partial charge is 0.481 e. The lowest BCUT2D eigenvalue weighted by atomic mass is 9.80. The lowest BCUT2D eigenvalue weighted by molar-refractivity contribution is -0.139. The van der Waals surface area contributed by atoms with Crippen molar-refractivity contribution in [2.75, 3.05) is 0 Å². The van der Waals surface area contributed by atoms with Crippen LogP contribution in [-0.2, 0) is 11.2 Å². The third kappa shape index (κ3) is 3.91. The van der Waals surface area contributed by atoms with Crippen LogP contribution in [0, 0.1) is 11.7 Å². The molecule has 126 valence electrons. The maximum atomic E-state index is 14.2. The molecule has 2 rings (SSSR count). The molecule has 5 nitrogen and oxygen atoms in total. The van der Waals surface area contributed by atoms with Crippen molar-refractivity contribution in [1.82, 2.24) is 0 Å². The van der Waals surface area contributed by atoms with E-state index in [9.17, 15) is 14.3 Å². The lowest BCUT2D eigenvalue weighted by Gasteiger charge is -2.17. The molecule has 0 bridgehead atoms. The Hall–Kier alpha value is -1.44. The molecule has 3 atom stereocenters. The summed E-state index contributed by atoms with van der Waals surface area (Å²) >= 11 is 0. The fourth-order valence-electron chi connectivity index (χ4n) is 3.44. The Bertz CT molecular complexity index is 581.